The van der Waals surface area contributed by atoms with E-state index in [0.717, 1.165) is 36.0 Å². The molecule has 0 bridgehead atoms. The lowest BCUT2D eigenvalue weighted by Crippen LogP contribution is -2.30. The number of fused-ring (bicyclic) bond motifs is 1. The molecule has 7 nitrogen and oxygen atoms in total. The van der Waals surface area contributed by atoms with Crippen LogP contribution in [-0.4, -0.2) is 72.1 Å². The predicted molar refractivity (Wildman–Crippen MR) is 141 cm³/mol. The molecule has 0 unspecified atom stereocenters. The second kappa shape index (κ2) is 12.0. The number of alkyl halides is 6. The van der Waals surface area contributed by atoms with E-state index in [1.54, 1.807) is 0 Å². The molecule has 13 heteroatoms. The van der Waals surface area contributed by atoms with Gasteiger partial charge in [-0.1, -0.05) is 0 Å². The first-order valence-electron chi connectivity index (χ1n) is 12.7. The third-order valence-electron chi connectivity index (χ3n) is 6.69. The molecular weight excluding hydrogens is 536 g/mol. The summed E-state index contributed by atoms with van der Waals surface area (Å²) in [5.41, 5.74) is 0.400. The Morgan fingerprint density at radius 2 is 1.57 bits per heavy atom. The Morgan fingerprint density at radius 1 is 0.875 bits per heavy atom. The third kappa shape index (κ3) is 7.39. The SMILES string of the molecule is CN(C)CCN(C)c1nc2c(c(Nc3ccc(C(F)(F)F)cc3)n1)CCN(Cc1ncccc1C(F)(F)F)CC2. The van der Waals surface area contributed by atoms with Crippen LogP contribution in [-0.2, 0) is 31.7 Å². The quantitative estimate of drug-likeness (QED) is 0.373. The van der Waals surface area contributed by atoms with Crippen molar-refractivity contribution in [1.29, 1.82) is 0 Å². The third-order valence-corrected chi connectivity index (χ3v) is 6.69. The number of likely N-dealkylation sites (N-methyl/N-ethyl adjacent to an activating group) is 2. The molecule has 3 aromatic rings. The molecule has 0 atom stereocenters. The first-order valence-corrected chi connectivity index (χ1v) is 12.7. The van der Waals surface area contributed by atoms with Crippen LogP contribution in [0.1, 0.15) is 28.1 Å². The molecule has 1 N–H and O–H groups in total. The zero-order valence-corrected chi connectivity index (χ0v) is 22.4. The second-order valence-corrected chi connectivity index (χ2v) is 9.99. The summed E-state index contributed by atoms with van der Waals surface area (Å²) in [4.78, 5) is 19.3. The van der Waals surface area contributed by atoms with E-state index in [1.165, 1.54) is 24.4 Å². The van der Waals surface area contributed by atoms with E-state index in [0.29, 0.717) is 49.9 Å². The lowest BCUT2D eigenvalue weighted by molar-refractivity contribution is -0.139. The van der Waals surface area contributed by atoms with Gasteiger partial charge in [-0.15, -0.1) is 0 Å². The van der Waals surface area contributed by atoms with E-state index in [9.17, 15) is 26.3 Å². The van der Waals surface area contributed by atoms with Crippen LogP contribution >= 0.6 is 0 Å². The number of pyridine rings is 1. The summed E-state index contributed by atoms with van der Waals surface area (Å²) in [5, 5.41) is 3.16. The van der Waals surface area contributed by atoms with Gasteiger partial charge in [-0.05, 0) is 56.9 Å². The standard InChI is InChI=1S/C27H31F6N7/c1-38(2)15-16-39(3)25-36-22-11-14-40(17-23-21(27(31,32)33)5-4-12-34-23)13-10-20(22)24(37-25)35-19-8-6-18(7-9-19)26(28,29)30/h4-9,12H,10-11,13-17H2,1-3H3,(H,35,36,37). The first-order chi connectivity index (χ1) is 18.8. The summed E-state index contributed by atoms with van der Waals surface area (Å²) in [7, 11) is 5.75. The van der Waals surface area contributed by atoms with Crippen LogP contribution in [0.2, 0.25) is 0 Å². The van der Waals surface area contributed by atoms with Crippen LogP contribution in [0.3, 0.4) is 0 Å². The van der Waals surface area contributed by atoms with E-state index < -0.39 is 23.5 Å². The van der Waals surface area contributed by atoms with E-state index in [4.69, 9.17) is 9.97 Å². The van der Waals surface area contributed by atoms with Crippen molar-refractivity contribution in [2.45, 2.75) is 31.7 Å². The van der Waals surface area contributed by atoms with Crippen molar-refractivity contribution in [2.24, 2.45) is 0 Å². The Morgan fingerprint density at radius 3 is 2.23 bits per heavy atom. The van der Waals surface area contributed by atoms with Crippen molar-refractivity contribution in [3.63, 3.8) is 0 Å². The van der Waals surface area contributed by atoms with Gasteiger partial charge in [0.05, 0.1) is 22.5 Å². The van der Waals surface area contributed by atoms with Gasteiger partial charge < -0.3 is 15.1 Å². The molecular formula is C27H31F6N7. The summed E-state index contributed by atoms with van der Waals surface area (Å²) in [5.74, 6) is 0.916. The molecule has 0 saturated carbocycles. The van der Waals surface area contributed by atoms with Gasteiger partial charge in [0.15, 0.2) is 0 Å². The molecule has 1 aromatic carbocycles. The minimum absolute atomic E-state index is 0.0222. The number of rotatable bonds is 8. The molecule has 0 aliphatic carbocycles. The average molecular weight is 568 g/mol. The number of nitrogens with one attached hydrogen (secondary N) is 1. The maximum Gasteiger partial charge on any atom is 0.418 e. The Hall–Kier alpha value is -3.45. The van der Waals surface area contributed by atoms with Crippen LogP contribution in [0.4, 0.5) is 43.8 Å². The fraction of sp³-hybridized carbons (Fsp3) is 0.444. The van der Waals surface area contributed by atoms with E-state index >= 15 is 0 Å². The molecule has 40 heavy (non-hydrogen) atoms. The van der Waals surface area contributed by atoms with Gasteiger partial charge in [0.2, 0.25) is 5.95 Å². The fourth-order valence-corrected chi connectivity index (χ4v) is 4.43. The minimum atomic E-state index is -4.51. The average Bonchev–Trinajstić information content (AvgIpc) is 3.09. The maximum absolute atomic E-state index is 13.5. The molecule has 1 aliphatic rings. The fourth-order valence-electron chi connectivity index (χ4n) is 4.43. The Labute approximate surface area is 228 Å². The highest BCUT2D eigenvalue weighted by Crippen LogP contribution is 2.33. The summed E-state index contributed by atoms with van der Waals surface area (Å²) in [6.45, 7) is 2.30. The molecule has 2 aromatic heterocycles. The summed E-state index contributed by atoms with van der Waals surface area (Å²) in [6.07, 6.45) is -6.70. The summed E-state index contributed by atoms with van der Waals surface area (Å²) in [6, 6.07) is 6.99. The smallest absolute Gasteiger partial charge is 0.343 e. The summed E-state index contributed by atoms with van der Waals surface area (Å²) < 4.78 is 79.7. The lowest BCUT2D eigenvalue weighted by atomic mass is 10.1. The van der Waals surface area contributed by atoms with Gasteiger partial charge in [-0.2, -0.15) is 31.3 Å². The Bertz CT molecular complexity index is 1290. The minimum Gasteiger partial charge on any atom is -0.343 e. The number of benzene rings is 1. The van der Waals surface area contributed by atoms with Crippen molar-refractivity contribution < 1.29 is 26.3 Å². The number of halogens is 6. The highest BCUT2D eigenvalue weighted by Gasteiger charge is 2.34. The second-order valence-electron chi connectivity index (χ2n) is 9.99. The molecule has 0 amide bonds. The molecule has 1 aliphatic heterocycles. The van der Waals surface area contributed by atoms with Crippen molar-refractivity contribution in [1.82, 2.24) is 24.8 Å². The van der Waals surface area contributed by atoms with Crippen molar-refractivity contribution in [3.8, 4) is 0 Å². The lowest BCUT2D eigenvalue weighted by Gasteiger charge is -2.22. The van der Waals surface area contributed by atoms with Gasteiger partial charge in [0.1, 0.15) is 5.82 Å². The molecule has 0 fully saturated rings. The first kappa shape index (κ1) is 29.5. The van der Waals surface area contributed by atoms with Gasteiger partial charge in [0, 0.05) is 63.6 Å². The number of nitrogens with zero attached hydrogens (tertiary/aromatic N) is 6. The zero-order valence-electron chi connectivity index (χ0n) is 22.4. The topological polar surface area (TPSA) is 60.4 Å². The van der Waals surface area contributed by atoms with Crippen LogP contribution < -0.4 is 10.2 Å². The molecule has 216 valence electrons. The number of anilines is 3. The molecule has 0 saturated heterocycles. The monoisotopic (exact) mass is 567 g/mol. The Balaban J connectivity index is 1.61. The van der Waals surface area contributed by atoms with Crippen molar-refractivity contribution >= 4 is 17.5 Å². The Kier molecular flexibility index (Phi) is 8.83. The zero-order chi connectivity index (χ0) is 29.1. The molecule has 4 rings (SSSR count). The van der Waals surface area contributed by atoms with Gasteiger partial charge in [-0.3, -0.25) is 9.88 Å². The van der Waals surface area contributed by atoms with Gasteiger partial charge >= 0.3 is 12.4 Å². The van der Waals surface area contributed by atoms with Crippen LogP contribution in [0.25, 0.3) is 0 Å². The van der Waals surface area contributed by atoms with E-state index in [1.807, 2.05) is 35.8 Å². The largest absolute Gasteiger partial charge is 0.418 e. The predicted octanol–water partition coefficient (Wildman–Crippen LogP) is 5.25. The number of aromatic nitrogens is 3. The highest BCUT2D eigenvalue weighted by atomic mass is 19.4. The van der Waals surface area contributed by atoms with Crippen LogP contribution in [0.15, 0.2) is 42.6 Å². The van der Waals surface area contributed by atoms with E-state index in [-0.39, 0.29) is 12.2 Å². The molecule has 0 radical (unpaired) electrons. The van der Waals surface area contributed by atoms with Gasteiger partial charge in [0.25, 0.3) is 0 Å². The van der Waals surface area contributed by atoms with Crippen LogP contribution in [0, 0.1) is 0 Å². The number of hydrogen-bond acceptors (Lipinski definition) is 7. The molecule has 0 spiro atoms. The number of hydrogen-bond donors (Lipinski definition) is 1. The summed E-state index contributed by atoms with van der Waals surface area (Å²) >= 11 is 0. The van der Waals surface area contributed by atoms with Crippen molar-refractivity contribution in [2.75, 3.05) is 57.5 Å². The highest BCUT2D eigenvalue weighted by molar-refractivity contribution is 5.62. The normalized spacial score (nSPS) is 14.7. The van der Waals surface area contributed by atoms with Gasteiger partial charge in [-0.25, -0.2) is 4.98 Å². The molecule has 3 heterocycles. The van der Waals surface area contributed by atoms with Crippen molar-refractivity contribution in [3.05, 3.63) is 70.7 Å². The maximum atomic E-state index is 13.5. The van der Waals surface area contributed by atoms with E-state index in [2.05, 4.69) is 10.3 Å². The van der Waals surface area contributed by atoms with Crippen LogP contribution in [0.5, 0.6) is 0 Å².